The number of likely N-dealkylation sites (tertiary alicyclic amines) is 1. The van der Waals surface area contributed by atoms with Crippen molar-refractivity contribution in [1.29, 1.82) is 0 Å². The maximum absolute atomic E-state index is 13.2. The molecule has 2 amide bonds. The maximum atomic E-state index is 13.2. The first-order chi connectivity index (χ1) is 14.8. The van der Waals surface area contributed by atoms with Gasteiger partial charge in [-0.05, 0) is 39.3 Å². The van der Waals surface area contributed by atoms with E-state index in [2.05, 4.69) is 14.8 Å². The molecule has 0 unspecified atom stereocenters. The van der Waals surface area contributed by atoms with E-state index in [0.717, 1.165) is 44.3 Å². The fraction of sp³-hybridized carbons (Fsp3) is 0.682. The fourth-order valence-corrected chi connectivity index (χ4v) is 5.45. The number of hydrogen-bond acceptors (Lipinski definition) is 7. The Morgan fingerprint density at radius 1 is 1.13 bits per heavy atom. The van der Waals surface area contributed by atoms with E-state index < -0.39 is 11.6 Å². The SMILES string of the molecule is CC(C)(C)OC(=O)N1C[C@@H](N2CCN(c3ccccn3)CC2)C[C@H]1C(=O)N1CCSC1. The van der Waals surface area contributed by atoms with E-state index in [-0.39, 0.29) is 18.0 Å². The normalized spacial score (nSPS) is 25.2. The smallest absolute Gasteiger partial charge is 0.411 e. The number of hydrogen-bond donors (Lipinski definition) is 0. The molecule has 3 fully saturated rings. The van der Waals surface area contributed by atoms with Crippen LogP contribution in [0.25, 0.3) is 0 Å². The summed E-state index contributed by atoms with van der Waals surface area (Å²) in [6.45, 7) is 10.5. The summed E-state index contributed by atoms with van der Waals surface area (Å²) in [5.41, 5.74) is -0.583. The summed E-state index contributed by atoms with van der Waals surface area (Å²) in [6.07, 6.45) is 2.11. The van der Waals surface area contributed by atoms with Gasteiger partial charge in [0.05, 0.1) is 5.88 Å². The molecule has 3 aliphatic heterocycles. The van der Waals surface area contributed by atoms with Crippen LogP contribution in [-0.2, 0) is 9.53 Å². The molecule has 1 aromatic heterocycles. The molecular formula is C22H33N5O3S. The average Bonchev–Trinajstić information content (AvgIpc) is 3.43. The lowest BCUT2D eigenvalue weighted by Crippen LogP contribution is -2.51. The van der Waals surface area contributed by atoms with Crippen LogP contribution < -0.4 is 4.90 Å². The molecule has 0 spiro atoms. The number of thioether (sulfide) groups is 1. The molecule has 8 nitrogen and oxygen atoms in total. The third-order valence-corrected chi connectivity index (χ3v) is 7.03. The van der Waals surface area contributed by atoms with Crippen LogP contribution in [0.4, 0.5) is 10.6 Å². The number of carbonyl (C=O) groups is 2. The number of carbonyl (C=O) groups excluding carboxylic acids is 2. The van der Waals surface area contributed by atoms with Gasteiger partial charge in [0, 0.05) is 57.3 Å². The number of piperazine rings is 1. The van der Waals surface area contributed by atoms with Crippen molar-refractivity contribution in [3.63, 3.8) is 0 Å². The highest BCUT2D eigenvalue weighted by Crippen LogP contribution is 2.29. The van der Waals surface area contributed by atoms with E-state index in [1.54, 1.807) is 16.7 Å². The first-order valence-corrected chi connectivity index (χ1v) is 12.2. The van der Waals surface area contributed by atoms with Crippen molar-refractivity contribution < 1.29 is 14.3 Å². The van der Waals surface area contributed by atoms with Crippen molar-refractivity contribution >= 4 is 29.6 Å². The minimum absolute atomic E-state index is 0.0606. The second kappa shape index (κ2) is 9.24. The van der Waals surface area contributed by atoms with Gasteiger partial charge in [-0.15, -0.1) is 11.8 Å². The highest BCUT2D eigenvalue weighted by atomic mass is 32.2. The van der Waals surface area contributed by atoms with Crippen LogP contribution in [0.3, 0.4) is 0 Å². The van der Waals surface area contributed by atoms with Crippen molar-refractivity contribution in [2.24, 2.45) is 0 Å². The standard InChI is InChI=1S/C22H33N5O3S/c1-22(2,3)30-21(29)27-15-17(14-18(27)20(28)26-12-13-31-16-26)24-8-10-25(11-9-24)19-6-4-5-7-23-19/h4-7,17-18H,8-16H2,1-3H3/t17-,18-/m0/s1. The zero-order valence-corrected chi connectivity index (χ0v) is 19.5. The second-order valence-corrected chi connectivity index (χ2v) is 10.5. The summed E-state index contributed by atoms with van der Waals surface area (Å²) in [7, 11) is 0. The summed E-state index contributed by atoms with van der Waals surface area (Å²) >= 11 is 1.76. The molecule has 4 heterocycles. The molecule has 4 rings (SSSR count). The predicted molar refractivity (Wildman–Crippen MR) is 122 cm³/mol. The van der Waals surface area contributed by atoms with Crippen LogP contribution in [0.15, 0.2) is 24.4 Å². The van der Waals surface area contributed by atoms with Gasteiger partial charge in [-0.2, -0.15) is 0 Å². The number of rotatable bonds is 3. The zero-order chi connectivity index (χ0) is 22.0. The Balaban J connectivity index is 1.43. The minimum atomic E-state index is -0.583. The Morgan fingerprint density at radius 3 is 2.52 bits per heavy atom. The highest BCUT2D eigenvalue weighted by Gasteiger charge is 2.45. The zero-order valence-electron chi connectivity index (χ0n) is 18.7. The van der Waals surface area contributed by atoms with Crippen LogP contribution in [0.5, 0.6) is 0 Å². The van der Waals surface area contributed by atoms with Crippen molar-refractivity contribution in [2.75, 3.05) is 55.8 Å². The molecule has 0 radical (unpaired) electrons. The first kappa shape index (κ1) is 22.2. The first-order valence-electron chi connectivity index (χ1n) is 11.1. The third-order valence-electron chi connectivity index (χ3n) is 6.06. The lowest BCUT2D eigenvalue weighted by Gasteiger charge is -2.38. The van der Waals surface area contributed by atoms with Crippen molar-refractivity contribution in [3.8, 4) is 0 Å². The molecule has 3 aliphatic rings. The summed E-state index contributed by atoms with van der Waals surface area (Å²) in [4.78, 5) is 38.9. The summed E-state index contributed by atoms with van der Waals surface area (Å²) in [6, 6.07) is 5.71. The monoisotopic (exact) mass is 447 g/mol. The van der Waals surface area contributed by atoms with Crippen molar-refractivity contribution in [3.05, 3.63) is 24.4 Å². The quantitative estimate of drug-likeness (QED) is 0.703. The molecule has 0 aliphatic carbocycles. The van der Waals surface area contributed by atoms with Crippen LogP contribution in [0, 0.1) is 0 Å². The predicted octanol–water partition coefficient (Wildman–Crippen LogP) is 2.11. The van der Waals surface area contributed by atoms with Crippen LogP contribution >= 0.6 is 11.8 Å². The van der Waals surface area contributed by atoms with Crippen LogP contribution in [-0.4, -0.2) is 100 Å². The van der Waals surface area contributed by atoms with Crippen molar-refractivity contribution in [1.82, 2.24) is 19.7 Å². The molecule has 0 saturated carbocycles. The largest absolute Gasteiger partial charge is 0.444 e. The molecule has 31 heavy (non-hydrogen) atoms. The van der Waals surface area contributed by atoms with Gasteiger partial charge in [-0.25, -0.2) is 9.78 Å². The Bertz CT molecular complexity index is 773. The average molecular weight is 448 g/mol. The molecule has 170 valence electrons. The topological polar surface area (TPSA) is 69.2 Å². The van der Waals surface area contributed by atoms with Gasteiger partial charge in [-0.3, -0.25) is 14.6 Å². The Morgan fingerprint density at radius 2 is 1.90 bits per heavy atom. The Kier molecular flexibility index (Phi) is 6.62. The van der Waals surface area contributed by atoms with Gasteiger partial charge in [-0.1, -0.05) is 6.07 Å². The van der Waals surface area contributed by atoms with Gasteiger partial charge in [0.2, 0.25) is 5.91 Å². The van der Waals surface area contributed by atoms with E-state index in [0.29, 0.717) is 18.8 Å². The summed E-state index contributed by atoms with van der Waals surface area (Å²) in [5, 5.41) is 0. The van der Waals surface area contributed by atoms with Crippen LogP contribution in [0.2, 0.25) is 0 Å². The van der Waals surface area contributed by atoms with Gasteiger partial charge in [0.25, 0.3) is 0 Å². The van der Waals surface area contributed by atoms with E-state index in [4.69, 9.17) is 4.74 Å². The van der Waals surface area contributed by atoms with Gasteiger partial charge in [0.1, 0.15) is 17.5 Å². The molecular weight excluding hydrogens is 414 g/mol. The van der Waals surface area contributed by atoms with Gasteiger partial charge < -0.3 is 14.5 Å². The molecule has 2 atom stereocenters. The third kappa shape index (κ3) is 5.26. The van der Waals surface area contributed by atoms with E-state index >= 15 is 0 Å². The molecule has 3 saturated heterocycles. The lowest BCUT2D eigenvalue weighted by atomic mass is 10.1. The Hall–Kier alpha value is -2.00. The molecule has 0 aromatic carbocycles. The number of anilines is 1. The fourth-order valence-electron chi connectivity index (χ4n) is 4.49. The number of nitrogens with zero attached hydrogens (tertiary/aromatic N) is 5. The summed E-state index contributed by atoms with van der Waals surface area (Å²) in [5.74, 6) is 2.74. The van der Waals surface area contributed by atoms with E-state index in [9.17, 15) is 9.59 Å². The van der Waals surface area contributed by atoms with Gasteiger partial charge in [0.15, 0.2) is 0 Å². The highest BCUT2D eigenvalue weighted by molar-refractivity contribution is 7.99. The van der Waals surface area contributed by atoms with Gasteiger partial charge >= 0.3 is 6.09 Å². The van der Waals surface area contributed by atoms with E-state index in [1.807, 2.05) is 50.1 Å². The van der Waals surface area contributed by atoms with Crippen LogP contribution in [0.1, 0.15) is 27.2 Å². The number of amides is 2. The van der Waals surface area contributed by atoms with E-state index in [1.165, 1.54) is 0 Å². The summed E-state index contributed by atoms with van der Waals surface area (Å²) < 4.78 is 5.65. The lowest BCUT2D eigenvalue weighted by molar-refractivity contribution is -0.134. The number of ether oxygens (including phenoxy) is 1. The minimum Gasteiger partial charge on any atom is -0.444 e. The number of aromatic nitrogens is 1. The van der Waals surface area contributed by atoms with Crippen molar-refractivity contribution in [2.45, 2.75) is 44.9 Å². The Labute approximate surface area is 188 Å². The molecule has 0 bridgehead atoms. The molecule has 1 aromatic rings. The molecule has 9 heteroatoms. The number of pyridine rings is 1. The maximum Gasteiger partial charge on any atom is 0.411 e. The second-order valence-electron chi connectivity index (χ2n) is 9.39. The molecule has 0 N–H and O–H groups in total.